The lowest BCUT2D eigenvalue weighted by atomic mass is 10.2. The number of nitrogens with zero attached hydrogens (tertiary/aromatic N) is 2. The summed E-state index contributed by atoms with van der Waals surface area (Å²) < 4.78 is 5.40. The molecule has 124 valence electrons. The van der Waals surface area contributed by atoms with E-state index in [1.807, 2.05) is 0 Å². The molecular formula is C15H31IN4O. The number of hydrogen-bond acceptors (Lipinski definition) is 3. The minimum absolute atomic E-state index is 0. The van der Waals surface area contributed by atoms with Gasteiger partial charge in [-0.1, -0.05) is 13.8 Å². The molecule has 5 nitrogen and oxygen atoms in total. The summed E-state index contributed by atoms with van der Waals surface area (Å²) in [6.07, 6.45) is 1.23. The van der Waals surface area contributed by atoms with Gasteiger partial charge in [-0.05, 0) is 25.7 Å². The van der Waals surface area contributed by atoms with Crippen LogP contribution >= 0.6 is 24.0 Å². The van der Waals surface area contributed by atoms with Crippen molar-refractivity contribution in [1.82, 2.24) is 15.5 Å². The number of rotatable bonds is 5. The van der Waals surface area contributed by atoms with E-state index in [1.165, 1.54) is 6.42 Å². The van der Waals surface area contributed by atoms with Gasteiger partial charge in [-0.3, -0.25) is 9.89 Å². The molecule has 1 aliphatic heterocycles. The van der Waals surface area contributed by atoms with Crippen LogP contribution in [0.4, 0.5) is 0 Å². The van der Waals surface area contributed by atoms with Gasteiger partial charge in [-0.2, -0.15) is 0 Å². The van der Waals surface area contributed by atoms with Gasteiger partial charge >= 0.3 is 0 Å². The molecule has 2 unspecified atom stereocenters. The lowest BCUT2D eigenvalue weighted by Gasteiger charge is -2.31. The molecule has 2 rings (SSSR count). The van der Waals surface area contributed by atoms with Crippen molar-refractivity contribution in [3.63, 3.8) is 0 Å². The van der Waals surface area contributed by atoms with Gasteiger partial charge in [-0.15, -0.1) is 24.0 Å². The Kier molecular flexibility index (Phi) is 7.70. The molecular weight excluding hydrogens is 379 g/mol. The zero-order valence-electron chi connectivity index (χ0n) is 13.8. The van der Waals surface area contributed by atoms with Crippen LogP contribution in [0.5, 0.6) is 0 Å². The third-order valence-corrected chi connectivity index (χ3v) is 4.35. The van der Waals surface area contributed by atoms with Crippen LogP contribution in [0.15, 0.2) is 4.99 Å². The van der Waals surface area contributed by atoms with Crippen molar-refractivity contribution in [2.75, 3.05) is 39.4 Å². The number of ether oxygens (including phenoxy) is 1. The number of morpholine rings is 1. The second kappa shape index (κ2) is 8.53. The van der Waals surface area contributed by atoms with Crippen molar-refractivity contribution in [2.45, 2.75) is 46.2 Å². The molecule has 6 heteroatoms. The maximum atomic E-state index is 5.40. The molecule has 2 atom stereocenters. The van der Waals surface area contributed by atoms with E-state index < -0.39 is 0 Å². The lowest BCUT2D eigenvalue weighted by molar-refractivity contribution is 0.0220. The first-order chi connectivity index (χ1) is 9.53. The largest absolute Gasteiger partial charge is 0.379 e. The number of hydrogen-bond donors (Lipinski definition) is 2. The molecule has 2 fully saturated rings. The van der Waals surface area contributed by atoms with Crippen LogP contribution < -0.4 is 10.6 Å². The SMILES string of the molecule is CCNC(=NCC(C)N1CCOCC1)NC1CC1(C)C.I. The predicted molar refractivity (Wildman–Crippen MR) is 98.6 cm³/mol. The van der Waals surface area contributed by atoms with E-state index in [4.69, 9.17) is 9.73 Å². The topological polar surface area (TPSA) is 48.9 Å². The van der Waals surface area contributed by atoms with Gasteiger partial charge in [0, 0.05) is 31.7 Å². The Balaban J connectivity index is 0.00000220. The fraction of sp³-hybridized carbons (Fsp3) is 0.933. The van der Waals surface area contributed by atoms with E-state index in [1.54, 1.807) is 0 Å². The Morgan fingerprint density at radius 1 is 1.38 bits per heavy atom. The highest BCUT2D eigenvalue weighted by molar-refractivity contribution is 14.0. The average Bonchev–Trinajstić information content (AvgIpc) is 3.04. The Morgan fingerprint density at radius 2 is 2.00 bits per heavy atom. The first kappa shape index (κ1) is 19.0. The van der Waals surface area contributed by atoms with Crippen molar-refractivity contribution in [2.24, 2.45) is 10.4 Å². The molecule has 1 heterocycles. The average molecular weight is 410 g/mol. The van der Waals surface area contributed by atoms with Crippen LogP contribution in [0.2, 0.25) is 0 Å². The zero-order chi connectivity index (χ0) is 14.6. The first-order valence-corrected chi connectivity index (χ1v) is 7.89. The molecule has 0 bridgehead atoms. The number of halogens is 1. The highest BCUT2D eigenvalue weighted by Crippen LogP contribution is 2.44. The summed E-state index contributed by atoms with van der Waals surface area (Å²) in [7, 11) is 0. The normalized spacial score (nSPS) is 26.7. The van der Waals surface area contributed by atoms with Crippen molar-refractivity contribution >= 4 is 29.9 Å². The number of nitrogens with one attached hydrogen (secondary N) is 2. The standard InChI is InChI=1S/C15H30N4O.HI/c1-5-16-14(18-13-10-15(13,3)4)17-11-12(2)19-6-8-20-9-7-19;/h12-13H,5-11H2,1-4H3,(H2,16,17,18);1H. The van der Waals surface area contributed by atoms with E-state index >= 15 is 0 Å². The van der Waals surface area contributed by atoms with Crippen molar-refractivity contribution < 1.29 is 4.74 Å². The van der Waals surface area contributed by atoms with Crippen LogP contribution in [0.1, 0.15) is 34.1 Å². The van der Waals surface area contributed by atoms with Gasteiger partial charge in [0.05, 0.1) is 19.8 Å². The van der Waals surface area contributed by atoms with Gasteiger partial charge in [-0.25, -0.2) is 0 Å². The van der Waals surface area contributed by atoms with Gasteiger partial charge in [0.25, 0.3) is 0 Å². The summed E-state index contributed by atoms with van der Waals surface area (Å²) in [6, 6.07) is 1.04. The van der Waals surface area contributed by atoms with Crippen molar-refractivity contribution in [3.8, 4) is 0 Å². The summed E-state index contributed by atoms with van der Waals surface area (Å²) in [5, 5.41) is 6.88. The molecule has 1 aliphatic carbocycles. The molecule has 2 N–H and O–H groups in total. The fourth-order valence-electron chi connectivity index (χ4n) is 2.56. The minimum atomic E-state index is 0. The second-order valence-electron chi connectivity index (χ2n) is 6.61. The maximum absolute atomic E-state index is 5.40. The Morgan fingerprint density at radius 3 is 2.52 bits per heavy atom. The van der Waals surface area contributed by atoms with Gasteiger partial charge in [0.15, 0.2) is 5.96 Å². The number of guanidine groups is 1. The number of aliphatic imine (C=N–C) groups is 1. The first-order valence-electron chi connectivity index (χ1n) is 7.89. The third kappa shape index (κ3) is 5.90. The van der Waals surface area contributed by atoms with Gasteiger partial charge < -0.3 is 15.4 Å². The molecule has 0 radical (unpaired) electrons. The van der Waals surface area contributed by atoms with E-state index in [9.17, 15) is 0 Å². The van der Waals surface area contributed by atoms with Gasteiger partial charge in [0.1, 0.15) is 0 Å². The summed E-state index contributed by atoms with van der Waals surface area (Å²) in [5.41, 5.74) is 0.423. The quantitative estimate of drug-likeness (QED) is 0.412. The Bertz CT molecular complexity index is 343. The summed E-state index contributed by atoms with van der Waals surface area (Å²) in [6.45, 7) is 14.4. The fourth-order valence-corrected chi connectivity index (χ4v) is 2.56. The molecule has 0 aromatic heterocycles. The smallest absolute Gasteiger partial charge is 0.191 e. The molecule has 0 aromatic carbocycles. The molecule has 0 amide bonds. The molecule has 0 aromatic rings. The predicted octanol–water partition coefficient (Wildman–Crippen LogP) is 1.68. The van der Waals surface area contributed by atoms with Crippen LogP contribution in [0, 0.1) is 5.41 Å². The Hall–Kier alpha value is -0.0800. The van der Waals surface area contributed by atoms with Crippen molar-refractivity contribution in [3.05, 3.63) is 0 Å². The molecule has 21 heavy (non-hydrogen) atoms. The van der Waals surface area contributed by atoms with E-state index in [-0.39, 0.29) is 24.0 Å². The molecule has 1 saturated heterocycles. The zero-order valence-corrected chi connectivity index (χ0v) is 16.1. The molecule has 0 spiro atoms. The van der Waals surface area contributed by atoms with Crippen molar-refractivity contribution in [1.29, 1.82) is 0 Å². The van der Waals surface area contributed by atoms with Crippen LogP contribution in [-0.2, 0) is 4.74 Å². The summed E-state index contributed by atoms with van der Waals surface area (Å²) >= 11 is 0. The second-order valence-corrected chi connectivity index (χ2v) is 6.61. The monoisotopic (exact) mass is 410 g/mol. The Labute approximate surface area is 146 Å². The third-order valence-electron chi connectivity index (χ3n) is 4.35. The van der Waals surface area contributed by atoms with Gasteiger partial charge in [0.2, 0.25) is 0 Å². The molecule has 2 aliphatic rings. The highest BCUT2D eigenvalue weighted by Gasteiger charge is 2.46. The van der Waals surface area contributed by atoms with Crippen LogP contribution in [-0.4, -0.2) is 62.3 Å². The highest BCUT2D eigenvalue weighted by atomic mass is 127. The lowest BCUT2D eigenvalue weighted by Crippen LogP contribution is -2.45. The van der Waals surface area contributed by atoms with Crippen LogP contribution in [0.3, 0.4) is 0 Å². The van der Waals surface area contributed by atoms with E-state index in [0.717, 1.165) is 45.4 Å². The van der Waals surface area contributed by atoms with E-state index in [2.05, 4.69) is 43.2 Å². The minimum Gasteiger partial charge on any atom is -0.379 e. The summed E-state index contributed by atoms with van der Waals surface area (Å²) in [4.78, 5) is 7.20. The maximum Gasteiger partial charge on any atom is 0.191 e. The molecule has 1 saturated carbocycles. The van der Waals surface area contributed by atoms with Crippen LogP contribution in [0.25, 0.3) is 0 Å². The summed E-state index contributed by atoms with van der Waals surface area (Å²) in [5.74, 6) is 0.961. The van der Waals surface area contributed by atoms with E-state index in [0.29, 0.717) is 17.5 Å².